The Balaban J connectivity index is 1.44. The lowest BCUT2D eigenvalue weighted by molar-refractivity contribution is -0.121. The Hall–Kier alpha value is -3.58. The van der Waals surface area contributed by atoms with E-state index in [1.54, 1.807) is 18.9 Å². The van der Waals surface area contributed by atoms with Crippen molar-refractivity contribution in [1.29, 1.82) is 0 Å². The second kappa shape index (κ2) is 11.5. The molecule has 0 fully saturated rings. The fourth-order valence-corrected chi connectivity index (χ4v) is 4.59. The molecule has 0 aliphatic rings. The number of hydrogen-bond acceptors (Lipinski definition) is 5. The standard InChI is InChI=1S/C27H28N4O2S/c1-20(21-12-5-3-6-13-21)28-25(32)18-11-19-34-27-30-29-26(22-14-7-4-8-15-22)31(27)23-16-9-10-17-24(23)33-2/h3-10,12-17,20H,11,18-19H2,1-2H3,(H,28,32). The van der Waals surface area contributed by atoms with Crippen molar-refractivity contribution in [3.63, 3.8) is 0 Å². The Morgan fingerprint density at radius 1 is 0.971 bits per heavy atom. The lowest BCUT2D eigenvalue weighted by Gasteiger charge is -2.15. The molecule has 1 heterocycles. The van der Waals surface area contributed by atoms with Gasteiger partial charge in [-0.1, -0.05) is 84.6 Å². The fourth-order valence-electron chi connectivity index (χ4n) is 3.70. The number of aromatic nitrogens is 3. The van der Waals surface area contributed by atoms with Gasteiger partial charge in [0.15, 0.2) is 11.0 Å². The molecule has 0 aliphatic heterocycles. The molecule has 6 nitrogen and oxygen atoms in total. The topological polar surface area (TPSA) is 69.0 Å². The van der Waals surface area contributed by atoms with Crippen LogP contribution in [0.5, 0.6) is 5.75 Å². The molecule has 0 aliphatic carbocycles. The number of para-hydroxylation sites is 2. The Kier molecular flexibility index (Phi) is 7.99. The molecule has 1 aromatic heterocycles. The lowest BCUT2D eigenvalue weighted by Crippen LogP contribution is -2.26. The molecule has 174 valence electrons. The normalized spacial score (nSPS) is 11.7. The van der Waals surface area contributed by atoms with Crippen molar-refractivity contribution in [3.05, 3.63) is 90.5 Å². The molecule has 1 amide bonds. The van der Waals surface area contributed by atoms with E-state index in [-0.39, 0.29) is 11.9 Å². The maximum atomic E-state index is 12.4. The summed E-state index contributed by atoms with van der Waals surface area (Å²) in [6, 6.07) is 27.8. The van der Waals surface area contributed by atoms with Gasteiger partial charge in [-0.2, -0.15) is 0 Å². The minimum absolute atomic E-state index is 0.0107. The van der Waals surface area contributed by atoms with Crippen LogP contribution in [0.3, 0.4) is 0 Å². The second-order valence-corrected chi connectivity index (χ2v) is 8.89. The number of rotatable bonds is 10. The minimum atomic E-state index is -0.0107. The van der Waals surface area contributed by atoms with Gasteiger partial charge in [0.05, 0.1) is 18.8 Å². The highest BCUT2D eigenvalue weighted by atomic mass is 32.2. The van der Waals surface area contributed by atoms with Crippen LogP contribution < -0.4 is 10.1 Å². The lowest BCUT2D eigenvalue weighted by atomic mass is 10.1. The Labute approximate surface area is 204 Å². The molecule has 4 aromatic rings. The van der Waals surface area contributed by atoms with Gasteiger partial charge in [0, 0.05) is 17.7 Å². The van der Waals surface area contributed by atoms with Crippen LogP contribution in [-0.4, -0.2) is 33.5 Å². The number of ether oxygens (including phenoxy) is 1. The van der Waals surface area contributed by atoms with Crippen molar-refractivity contribution in [3.8, 4) is 22.8 Å². The number of carbonyl (C=O) groups is 1. The average Bonchev–Trinajstić information content (AvgIpc) is 3.31. The first-order chi connectivity index (χ1) is 16.7. The highest BCUT2D eigenvalue weighted by Crippen LogP contribution is 2.32. The third-order valence-corrected chi connectivity index (χ3v) is 6.46. The molecule has 4 rings (SSSR count). The smallest absolute Gasteiger partial charge is 0.220 e. The largest absolute Gasteiger partial charge is 0.495 e. The molecule has 0 bridgehead atoms. The predicted octanol–water partition coefficient (Wildman–Crippen LogP) is 5.69. The molecule has 7 heteroatoms. The van der Waals surface area contributed by atoms with Gasteiger partial charge < -0.3 is 10.1 Å². The van der Waals surface area contributed by atoms with Crippen LogP contribution in [0.1, 0.15) is 31.4 Å². The molecule has 0 saturated carbocycles. The van der Waals surface area contributed by atoms with Crippen molar-refractivity contribution in [2.24, 2.45) is 0 Å². The summed E-state index contributed by atoms with van der Waals surface area (Å²) in [5, 5.41) is 12.8. The minimum Gasteiger partial charge on any atom is -0.495 e. The third kappa shape index (κ3) is 5.66. The van der Waals surface area contributed by atoms with Crippen LogP contribution in [0.2, 0.25) is 0 Å². The monoisotopic (exact) mass is 472 g/mol. The van der Waals surface area contributed by atoms with Crippen molar-refractivity contribution >= 4 is 17.7 Å². The van der Waals surface area contributed by atoms with E-state index in [1.165, 1.54) is 0 Å². The molecule has 1 atom stereocenters. The first kappa shape index (κ1) is 23.6. The highest BCUT2D eigenvalue weighted by Gasteiger charge is 2.19. The van der Waals surface area contributed by atoms with Crippen LogP contribution in [0.25, 0.3) is 17.1 Å². The van der Waals surface area contributed by atoms with E-state index in [9.17, 15) is 4.79 Å². The average molecular weight is 473 g/mol. The number of amides is 1. The van der Waals surface area contributed by atoms with Gasteiger partial charge in [-0.3, -0.25) is 9.36 Å². The van der Waals surface area contributed by atoms with E-state index in [0.29, 0.717) is 6.42 Å². The molecule has 0 spiro atoms. The zero-order valence-corrected chi connectivity index (χ0v) is 20.2. The van der Waals surface area contributed by atoms with E-state index >= 15 is 0 Å². The predicted molar refractivity (Wildman–Crippen MR) is 136 cm³/mol. The van der Waals surface area contributed by atoms with Crippen LogP contribution in [0, 0.1) is 0 Å². The van der Waals surface area contributed by atoms with Crippen LogP contribution in [0.15, 0.2) is 90.1 Å². The van der Waals surface area contributed by atoms with E-state index < -0.39 is 0 Å². The van der Waals surface area contributed by atoms with Crippen molar-refractivity contribution in [1.82, 2.24) is 20.1 Å². The van der Waals surface area contributed by atoms with Crippen LogP contribution in [-0.2, 0) is 4.79 Å². The number of nitrogens with one attached hydrogen (secondary N) is 1. The molecule has 1 unspecified atom stereocenters. The number of thioether (sulfide) groups is 1. The van der Waals surface area contributed by atoms with E-state index in [1.807, 2.05) is 96.4 Å². The van der Waals surface area contributed by atoms with Gasteiger partial charge >= 0.3 is 0 Å². The van der Waals surface area contributed by atoms with E-state index in [0.717, 1.165) is 45.7 Å². The number of methoxy groups -OCH3 is 1. The molecule has 34 heavy (non-hydrogen) atoms. The Morgan fingerprint density at radius 2 is 1.65 bits per heavy atom. The molecule has 0 radical (unpaired) electrons. The zero-order chi connectivity index (χ0) is 23.8. The molecule has 3 aromatic carbocycles. The van der Waals surface area contributed by atoms with Crippen LogP contribution in [0.4, 0.5) is 0 Å². The number of nitrogens with zero attached hydrogens (tertiary/aromatic N) is 3. The third-order valence-electron chi connectivity index (χ3n) is 5.45. The Bertz CT molecular complexity index is 1210. The molecular formula is C27H28N4O2S. The van der Waals surface area contributed by atoms with Gasteiger partial charge in [0.2, 0.25) is 5.91 Å². The van der Waals surface area contributed by atoms with Gasteiger partial charge in [0.1, 0.15) is 5.75 Å². The van der Waals surface area contributed by atoms with E-state index in [4.69, 9.17) is 4.74 Å². The maximum absolute atomic E-state index is 12.4. The van der Waals surface area contributed by atoms with Crippen molar-refractivity contribution in [2.75, 3.05) is 12.9 Å². The van der Waals surface area contributed by atoms with Gasteiger partial charge in [-0.05, 0) is 31.0 Å². The molecule has 0 saturated heterocycles. The first-order valence-electron chi connectivity index (χ1n) is 11.3. The highest BCUT2D eigenvalue weighted by molar-refractivity contribution is 7.99. The zero-order valence-electron chi connectivity index (χ0n) is 19.3. The van der Waals surface area contributed by atoms with E-state index in [2.05, 4.69) is 15.5 Å². The number of benzene rings is 3. The summed E-state index contributed by atoms with van der Waals surface area (Å²) in [6.45, 7) is 2.00. The molecule has 1 N–H and O–H groups in total. The van der Waals surface area contributed by atoms with Gasteiger partial charge in [0.25, 0.3) is 0 Å². The summed E-state index contributed by atoms with van der Waals surface area (Å²) in [4.78, 5) is 12.4. The number of carbonyl (C=O) groups excluding carboxylic acids is 1. The summed E-state index contributed by atoms with van der Waals surface area (Å²) in [5.41, 5.74) is 2.95. The quantitative estimate of drug-likeness (QED) is 0.237. The number of hydrogen-bond donors (Lipinski definition) is 1. The van der Waals surface area contributed by atoms with Gasteiger partial charge in [-0.15, -0.1) is 10.2 Å². The summed E-state index contributed by atoms with van der Waals surface area (Å²) < 4.78 is 7.63. The fraction of sp³-hybridized carbons (Fsp3) is 0.222. The second-order valence-electron chi connectivity index (χ2n) is 7.83. The summed E-state index contributed by atoms with van der Waals surface area (Å²) in [6.07, 6.45) is 1.19. The maximum Gasteiger partial charge on any atom is 0.220 e. The Morgan fingerprint density at radius 3 is 2.38 bits per heavy atom. The first-order valence-corrected chi connectivity index (χ1v) is 12.3. The summed E-state index contributed by atoms with van der Waals surface area (Å²) in [5.74, 6) is 2.29. The summed E-state index contributed by atoms with van der Waals surface area (Å²) in [7, 11) is 1.66. The summed E-state index contributed by atoms with van der Waals surface area (Å²) >= 11 is 1.59. The van der Waals surface area contributed by atoms with Crippen molar-refractivity contribution in [2.45, 2.75) is 31.0 Å². The SMILES string of the molecule is COc1ccccc1-n1c(SCCCC(=O)NC(C)c2ccccc2)nnc1-c1ccccc1. The van der Waals surface area contributed by atoms with Crippen LogP contribution >= 0.6 is 11.8 Å². The molecular weight excluding hydrogens is 444 g/mol. The van der Waals surface area contributed by atoms with Gasteiger partial charge in [-0.25, -0.2) is 0 Å². The van der Waals surface area contributed by atoms with Crippen molar-refractivity contribution < 1.29 is 9.53 Å².